The molecule has 1 saturated heterocycles. The van der Waals surface area contributed by atoms with Gasteiger partial charge in [-0.25, -0.2) is 0 Å². The topological polar surface area (TPSA) is 12.0 Å². The molecular weight excluding hydrogens is 258 g/mol. The molecule has 2 unspecified atom stereocenters. The molecule has 102 valence electrons. The molecule has 2 atom stereocenters. The van der Waals surface area contributed by atoms with Crippen molar-refractivity contribution in [2.75, 3.05) is 12.3 Å². The van der Waals surface area contributed by atoms with Crippen LogP contribution >= 0.6 is 23.1 Å². The molecule has 0 amide bonds. The van der Waals surface area contributed by atoms with E-state index in [0.29, 0.717) is 6.04 Å². The largest absolute Gasteiger partial charge is 0.313 e. The van der Waals surface area contributed by atoms with E-state index < -0.39 is 0 Å². The predicted molar refractivity (Wildman–Crippen MR) is 85.0 cm³/mol. The maximum absolute atomic E-state index is 3.71. The van der Waals surface area contributed by atoms with E-state index in [9.17, 15) is 0 Å². The first-order chi connectivity index (χ1) is 8.83. The van der Waals surface area contributed by atoms with Crippen molar-refractivity contribution in [3.05, 3.63) is 21.9 Å². The number of nitrogens with one attached hydrogen (secondary N) is 1. The summed E-state index contributed by atoms with van der Waals surface area (Å²) < 4.78 is 0. The Morgan fingerprint density at radius 2 is 2.11 bits per heavy atom. The van der Waals surface area contributed by atoms with Gasteiger partial charge in [0.1, 0.15) is 0 Å². The van der Waals surface area contributed by atoms with Gasteiger partial charge in [0.05, 0.1) is 0 Å². The molecule has 0 bridgehead atoms. The Morgan fingerprint density at radius 1 is 1.28 bits per heavy atom. The monoisotopic (exact) mass is 283 g/mol. The fourth-order valence-electron chi connectivity index (χ4n) is 2.62. The van der Waals surface area contributed by atoms with Crippen LogP contribution in [-0.2, 0) is 12.8 Å². The van der Waals surface area contributed by atoms with Gasteiger partial charge in [0, 0.05) is 21.0 Å². The molecule has 0 saturated carbocycles. The highest BCUT2D eigenvalue weighted by Gasteiger charge is 2.24. The molecule has 1 aliphatic heterocycles. The number of hydrogen-bond acceptors (Lipinski definition) is 3. The summed E-state index contributed by atoms with van der Waals surface area (Å²) in [7, 11) is 0. The summed E-state index contributed by atoms with van der Waals surface area (Å²) in [6.45, 7) is 5.56. The number of rotatable bonds is 6. The first-order valence-electron chi connectivity index (χ1n) is 7.26. The van der Waals surface area contributed by atoms with Crippen LogP contribution < -0.4 is 5.32 Å². The van der Waals surface area contributed by atoms with E-state index in [1.54, 1.807) is 4.88 Å². The van der Waals surface area contributed by atoms with Gasteiger partial charge in [0.2, 0.25) is 0 Å². The van der Waals surface area contributed by atoms with Crippen molar-refractivity contribution < 1.29 is 0 Å². The van der Waals surface area contributed by atoms with Crippen molar-refractivity contribution in [1.29, 1.82) is 0 Å². The third-order valence-electron chi connectivity index (χ3n) is 3.62. The normalized spacial score (nSPS) is 22.0. The zero-order valence-electron chi connectivity index (χ0n) is 11.6. The second-order valence-corrected chi connectivity index (χ2v) is 7.59. The molecule has 0 aliphatic carbocycles. The van der Waals surface area contributed by atoms with Crippen LogP contribution in [0.3, 0.4) is 0 Å². The highest BCUT2D eigenvalue weighted by atomic mass is 32.2. The summed E-state index contributed by atoms with van der Waals surface area (Å²) in [6.07, 6.45) is 6.63. The first-order valence-corrected chi connectivity index (χ1v) is 9.12. The molecule has 1 aromatic heterocycles. The van der Waals surface area contributed by atoms with E-state index in [1.165, 1.54) is 42.7 Å². The molecular formula is C15H25NS2. The molecule has 3 heteroatoms. The summed E-state index contributed by atoms with van der Waals surface area (Å²) in [6, 6.07) is 5.31. The van der Waals surface area contributed by atoms with Gasteiger partial charge in [-0.1, -0.05) is 20.3 Å². The van der Waals surface area contributed by atoms with E-state index in [4.69, 9.17) is 0 Å². The summed E-state index contributed by atoms with van der Waals surface area (Å²) in [4.78, 5) is 3.08. The van der Waals surface area contributed by atoms with E-state index >= 15 is 0 Å². The highest BCUT2D eigenvalue weighted by Crippen LogP contribution is 2.30. The molecule has 0 spiro atoms. The molecule has 1 fully saturated rings. The molecule has 1 aliphatic rings. The maximum Gasteiger partial charge on any atom is 0.0234 e. The predicted octanol–water partition coefficient (Wildman–Crippen LogP) is 4.12. The third kappa shape index (κ3) is 4.01. The molecule has 18 heavy (non-hydrogen) atoms. The second-order valence-electron chi connectivity index (χ2n) is 4.99. The van der Waals surface area contributed by atoms with Crippen molar-refractivity contribution in [3.8, 4) is 0 Å². The number of thioether (sulfide) groups is 1. The number of likely N-dealkylation sites (N-methyl/N-ethyl adjacent to an activating group) is 1. The van der Waals surface area contributed by atoms with Crippen LogP contribution in [0.4, 0.5) is 0 Å². The second kappa shape index (κ2) is 7.56. The fraction of sp³-hybridized carbons (Fsp3) is 0.733. The fourth-order valence-corrected chi connectivity index (χ4v) is 5.07. The maximum atomic E-state index is 3.71. The SMILES string of the molecule is CCNC(Cc1ccc(CC)s1)C1CCCCS1. The smallest absolute Gasteiger partial charge is 0.0234 e. The molecule has 1 nitrogen and oxygen atoms in total. The Morgan fingerprint density at radius 3 is 2.72 bits per heavy atom. The minimum Gasteiger partial charge on any atom is -0.313 e. The van der Waals surface area contributed by atoms with E-state index in [1.807, 2.05) is 11.3 Å². The van der Waals surface area contributed by atoms with Crippen molar-refractivity contribution in [2.45, 2.75) is 57.2 Å². The molecule has 0 radical (unpaired) electrons. The molecule has 1 aromatic rings. The minimum absolute atomic E-state index is 0.670. The van der Waals surface area contributed by atoms with Crippen LogP contribution in [0.5, 0.6) is 0 Å². The summed E-state index contributed by atoms with van der Waals surface area (Å²) in [5, 5.41) is 4.54. The summed E-state index contributed by atoms with van der Waals surface area (Å²) in [5.74, 6) is 1.36. The van der Waals surface area contributed by atoms with Gasteiger partial charge in [-0.05, 0) is 50.1 Å². The van der Waals surface area contributed by atoms with E-state index in [-0.39, 0.29) is 0 Å². The first kappa shape index (κ1) is 14.4. The van der Waals surface area contributed by atoms with Crippen LogP contribution in [0.1, 0.15) is 42.9 Å². The number of thiophene rings is 1. The molecule has 1 N–H and O–H groups in total. The quantitative estimate of drug-likeness (QED) is 0.843. The van der Waals surface area contributed by atoms with Gasteiger partial charge in [-0.2, -0.15) is 11.8 Å². The van der Waals surface area contributed by atoms with Crippen LogP contribution in [0, 0.1) is 0 Å². The Hall–Kier alpha value is 0.01000. The third-order valence-corrected chi connectivity index (χ3v) is 6.39. The van der Waals surface area contributed by atoms with Gasteiger partial charge >= 0.3 is 0 Å². The van der Waals surface area contributed by atoms with Crippen LogP contribution in [0.25, 0.3) is 0 Å². The Balaban J connectivity index is 1.95. The van der Waals surface area contributed by atoms with Crippen molar-refractivity contribution in [3.63, 3.8) is 0 Å². The molecule has 2 heterocycles. The van der Waals surface area contributed by atoms with Gasteiger partial charge in [0.25, 0.3) is 0 Å². The standard InChI is InChI=1S/C15H25NS2/c1-3-12-8-9-13(18-12)11-14(16-4-2)15-7-5-6-10-17-15/h8-9,14-16H,3-7,10-11H2,1-2H3. The molecule has 2 rings (SSSR count). The number of aryl methyl sites for hydroxylation is 1. The van der Waals surface area contributed by atoms with Crippen molar-refractivity contribution >= 4 is 23.1 Å². The number of hydrogen-bond donors (Lipinski definition) is 1. The van der Waals surface area contributed by atoms with Gasteiger partial charge in [-0.15, -0.1) is 11.3 Å². The summed E-state index contributed by atoms with van der Waals surface area (Å²) in [5.41, 5.74) is 0. The Bertz CT molecular complexity index is 342. The van der Waals surface area contributed by atoms with Gasteiger partial charge in [-0.3, -0.25) is 0 Å². The lowest BCUT2D eigenvalue weighted by atomic mass is 10.0. The van der Waals surface area contributed by atoms with Crippen LogP contribution in [-0.4, -0.2) is 23.6 Å². The van der Waals surface area contributed by atoms with Crippen molar-refractivity contribution in [2.24, 2.45) is 0 Å². The highest BCUT2D eigenvalue weighted by molar-refractivity contribution is 8.00. The summed E-state index contributed by atoms with van der Waals surface area (Å²) >= 11 is 4.19. The van der Waals surface area contributed by atoms with E-state index in [2.05, 4.69) is 43.1 Å². The lowest BCUT2D eigenvalue weighted by Gasteiger charge is -2.30. The Kier molecular flexibility index (Phi) is 6.06. The van der Waals surface area contributed by atoms with Crippen molar-refractivity contribution in [1.82, 2.24) is 5.32 Å². The van der Waals surface area contributed by atoms with Gasteiger partial charge < -0.3 is 5.32 Å². The Labute approximate surface area is 120 Å². The lowest BCUT2D eigenvalue weighted by molar-refractivity contribution is 0.474. The average molecular weight is 284 g/mol. The zero-order chi connectivity index (χ0) is 12.8. The molecule has 0 aromatic carbocycles. The van der Waals surface area contributed by atoms with Crippen LogP contribution in [0.15, 0.2) is 12.1 Å². The van der Waals surface area contributed by atoms with Gasteiger partial charge in [0.15, 0.2) is 0 Å². The lowest BCUT2D eigenvalue weighted by Crippen LogP contribution is -2.40. The van der Waals surface area contributed by atoms with Crippen LogP contribution in [0.2, 0.25) is 0 Å². The van der Waals surface area contributed by atoms with E-state index in [0.717, 1.165) is 11.8 Å². The zero-order valence-corrected chi connectivity index (χ0v) is 13.2. The minimum atomic E-state index is 0.670. The average Bonchev–Trinajstić information content (AvgIpc) is 2.87.